The van der Waals surface area contributed by atoms with Crippen molar-refractivity contribution in [3.8, 4) is 22.9 Å². The van der Waals surface area contributed by atoms with Gasteiger partial charge in [-0.2, -0.15) is 0 Å². The highest BCUT2D eigenvalue weighted by Gasteiger charge is 2.50. The van der Waals surface area contributed by atoms with E-state index < -0.39 is 64.8 Å². The monoisotopic (exact) mass is 769 g/mol. The summed E-state index contributed by atoms with van der Waals surface area (Å²) in [6.45, 7) is 13.5. The third-order valence-corrected chi connectivity index (χ3v) is 11.4. The second kappa shape index (κ2) is 15.7. The number of phenolic OH excluding ortho intramolecular Hbond substituents is 1. The van der Waals surface area contributed by atoms with E-state index in [0.29, 0.717) is 24.1 Å². The third kappa shape index (κ3) is 7.25. The molecule has 0 saturated heterocycles. The minimum Gasteiger partial charge on any atom is -0.507 e. The van der Waals surface area contributed by atoms with E-state index in [9.17, 15) is 29.4 Å². The number of H-pyrrole nitrogens is 1. The Morgan fingerprint density at radius 3 is 2.50 bits per heavy atom. The van der Waals surface area contributed by atoms with Gasteiger partial charge in [0.1, 0.15) is 23.3 Å². The molecule has 6 rings (SSSR count). The molecule has 1 aromatic rings. The lowest BCUT2D eigenvalue weighted by molar-refractivity contribution is -0.159. The van der Waals surface area contributed by atoms with Crippen LogP contribution < -0.4 is 15.5 Å². The van der Waals surface area contributed by atoms with Crippen LogP contribution in [0.15, 0.2) is 47.0 Å². The van der Waals surface area contributed by atoms with Crippen molar-refractivity contribution < 1.29 is 43.5 Å². The Bertz CT molecular complexity index is 2230. The maximum absolute atomic E-state index is 14.5. The summed E-state index contributed by atoms with van der Waals surface area (Å²) in [6.07, 6.45) is 11.6. The first kappa shape index (κ1) is 40.4. The highest BCUT2D eigenvalue weighted by atomic mass is 16.7. The predicted molar refractivity (Wildman–Crippen MR) is 211 cm³/mol. The number of aryl methyl sites for hydroxylation is 1. The van der Waals surface area contributed by atoms with Crippen LogP contribution in [0.4, 0.5) is 5.69 Å². The van der Waals surface area contributed by atoms with Gasteiger partial charge in [0.15, 0.2) is 0 Å². The van der Waals surface area contributed by atoms with Gasteiger partial charge >= 0.3 is 11.8 Å². The number of carbonyl (C=O) groups excluding carboxylic acids is 3. The molecule has 2 aliphatic carbocycles. The summed E-state index contributed by atoms with van der Waals surface area (Å²) in [5, 5.41) is 25.8. The van der Waals surface area contributed by atoms with Crippen LogP contribution in [0.5, 0.6) is 11.5 Å². The molecule has 5 aliphatic rings. The van der Waals surface area contributed by atoms with Crippen LogP contribution in [0, 0.1) is 30.6 Å². The second-order valence-corrected chi connectivity index (χ2v) is 15.6. The molecule has 3 heterocycles. The smallest absolute Gasteiger partial charge is 0.312 e. The summed E-state index contributed by atoms with van der Waals surface area (Å²) in [5.41, 5.74) is 1.32. The molecule has 0 fully saturated rings. The molecule has 3 aliphatic heterocycles. The minimum absolute atomic E-state index is 0.000111. The number of allylic oxidation sites excluding steroid dienone is 4. The van der Waals surface area contributed by atoms with Crippen LogP contribution in [-0.4, -0.2) is 69.0 Å². The fourth-order valence-corrected chi connectivity index (χ4v) is 8.16. The van der Waals surface area contributed by atoms with Crippen molar-refractivity contribution >= 4 is 40.2 Å². The summed E-state index contributed by atoms with van der Waals surface area (Å²) in [7, 11) is 1.49. The first-order chi connectivity index (χ1) is 26.5. The zero-order valence-electron chi connectivity index (χ0n) is 33.3. The van der Waals surface area contributed by atoms with Crippen molar-refractivity contribution in [1.82, 2.24) is 9.97 Å². The van der Waals surface area contributed by atoms with Crippen molar-refractivity contribution in [1.29, 1.82) is 0 Å². The van der Waals surface area contributed by atoms with E-state index in [1.165, 1.54) is 34.1 Å². The highest BCUT2D eigenvalue weighted by Crippen LogP contribution is 2.50. The van der Waals surface area contributed by atoms with Gasteiger partial charge in [0.25, 0.3) is 11.7 Å². The first-order valence-electron chi connectivity index (χ1n) is 19.1. The van der Waals surface area contributed by atoms with Crippen LogP contribution in [0.1, 0.15) is 88.6 Å². The number of methoxy groups -OCH3 is 1. The topological polar surface area (TPSA) is 186 Å². The van der Waals surface area contributed by atoms with Gasteiger partial charge in [-0.25, -0.2) is 4.98 Å². The molecule has 8 atom stereocenters. The maximum atomic E-state index is 14.5. The molecular weight excluding hydrogens is 718 g/mol. The number of hydrogen-bond acceptors (Lipinski definition) is 11. The number of anilines is 1. The number of fused-ring (bicyclic) bond motifs is 2. The summed E-state index contributed by atoms with van der Waals surface area (Å²) in [6, 6.07) is 0. The van der Waals surface area contributed by atoms with Crippen molar-refractivity contribution in [2.24, 2.45) is 23.7 Å². The van der Waals surface area contributed by atoms with Gasteiger partial charge in [-0.05, 0) is 57.1 Å². The first-order valence-corrected chi connectivity index (χ1v) is 19.1. The van der Waals surface area contributed by atoms with Gasteiger partial charge in [-0.15, -0.1) is 0 Å². The van der Waals surface area contributed by atoms with Crippen molar-refractivity contribution in [3.63, 3.8) is 0 Å². The van der Waals surface area contributed by atoms with Gasteiger partial charge in [0.05, 0.1) is 46.5 Å². The minimum atomic E-state index is -1.94. The number of nitrogens with zero attached hydrogens (tertiary/aromatic N) is 1. The van der Waals surface area contributed by atoms with E-state index in [1.807, 2.05) is 45.9 Å². The SMILES string of the molecule is CO[C@H]1/C=C/O[C@@]2(C)Oc3c(C)c(O)c4c(=O)c(c5[nH]c6c(nc-5c4c3C2=O)C=CCC6)NC(=O)/C(C)=C\C=C\[C@H](C)CC(C)[C@@H](O)C(C)[C@H](OC(C)=O)[C@@H]1C. The molecule has 0 saturated carbocycles. The van der Waals surface area contributed by atoms with Crippen LogP contribution in [0.3, 0.4) is 0 Å². The zero-order valence-corrected chi connectivity index (χ0v) is 33.3. The standard InChI is InChI=1S/C43H51N3O10/c1-20-13-12-14-21(2)42(52)46-35-34-33(44-27-15-10-11-16-28(27)45-34)30-31(38(35)50)37(49)25(6)40-32(30)41(51)43(8,56-40)54-18-17-29(53-9)23(4)39(55-26(7)47)24(5)36(48)22(3)19-20/h10,12-15,17-18,20,22-24,29,36,39,45,48-49H,11,16,19H2,1-9H3,(H,46,52)/b13-12+,18-17+,21-14-/t20-,22?,23+,24?,29-,36+,39+,43-/m0/s1. The molecular formula is C43H51N3O10. The summed E-state index contributed by atoms with van der Waals surface area (Å²) in [5.74, 6) is -5.21. The Morgan fingerprint density at radius 1 is 1.07 bits per heavy atom. The lowest BCUT2D eigenvalue weighted by Crippen LogP contribution is -2.44. The van der Waals surface area contributed by atoms with Gasteiger partial charge in [0, 0.05) is 55.0 Å². The number of aromatic hydroxyl groups is 1. The lowest BCUT2D eigenvalue weighted by atomic mass is 9.79. The number of benzene rings is 2. The molecule has 4 N–H and O–H groups in total. The molecule has 0 radical (unpaired) electrons. The number of ketones is 1. The molecule has 2 unspecified atom stereocenters. The van der Waals surface area contributed by atoms with Crippen LogP contribution in [-0.2, 0) is 30.2 Å². The quantitative estimate of drug-likeness (QED) is 0.164. The summed E-state index contributed by atoms with van der Waals surface area (Å²) >= 11 is 0. The average molecular weight is 770 g/mol. The van der Waals surface area contributed by atoms with Crippen LogP contribution in [0.2, 0.25) is 0 Å². The molecule has 4 bridgehead atoms. The van der Waals surface area contributed by atoms with E-state index >= 15 is 0 Å². The van der Waals surface area contributed by atoms with Crippen LogP contribution >= 0.6 is 0 Å². The molecule has 0 aromatic heterocycles. The van der Waals surface area contributed by atoms with E-state index in [4.69, 9.17) is 23.9 Å². The molecule has 0 spiro atoms. The Kier molecular flexibility index (Phi) is 11.3. The summed E-state index contributed by atoms with van der Waals surface area (Å²) < 4.78 is 23.9. The molecule has 13 nitrogen and oxygen atoms in total. The molecule has 298 valence electrons. The number of esters is 1. The van der Waals surface area contributed by atoms with Crippen molar-refractivity contribution in [2.45, 2.75) is 98.8 Å². The number of aromatic amines is 1. The zero-order chi connectivity index (χ0) is 40.8. The maximum Gasteiger partial charge on any atom is 0.312 e. The molecule has 56 heavy (non-hydrogen) atoms. The molecule has 1 aromatic carbocycles. The number of hydrogen-bond donors (Lipinski definition) is 4. The Labute approximate surface area is 325 Å². The largest absolute Gasteiger partial charge is 0.507 e. The van der Waals surface area contributed by atoms with E-state index in [2.05, 4.69) is 10.3 Å². The lowest BCUT2D eigenvalue weighted by Gasteiger charge is -2.36. The second-order valence-electron chi connectivity index (χ2n) is 15.6. The number of nitrogens with one attached hydrogen (secondary N) is 2. The fourth-order valence-electron chi connectivity index (χ4n) is 8.16. The van der Waals surface area contributed by atoms with Gasteiger partial charge in [0.2, 0.25) is 5.43 Å². The predicted octanol–water partition coefficient (Wildman–Crippen LogP) is 6.52. The van der Waals surface area contributed by atoms with Crippen molar-refractivity contribution in [3.05, 3.63) is 75.0 Å². The summed E-state index contributed by atoms with van der Waals surface area (Å²) in [4.78, 5) is 63.3. The third-order valence-electron chi connectivity index (χ3n) is 11.4. The Morgan fingerprint density at radius 2 is 1.80 bits per heavy atom. The Hall–Kier alpha value is -5.27. The number of phenols is 1. The van der Waals surface area contributed by atoms with E-state index in [0.717, 1.165) is 12.1 Å². The number of ether oxygens (including phenoxy) is 4. The number of aliphatic hydroxyl groups is 1. The van der Waals surface area contributed by atoms with Crippen LogP contribution in [0.25, 0.3) is 28.2 Å². The number of aromatic nitrogens is 2. The van der Waals surface area contributed by atoms with Gasteiger partial charge in [-0.3, -0.25) is 19.2 Å². The number of rotatable bonds is 2. The fraction of sp³-hybridized carbons (Fsp3) is 0.465. The normalized spacial score (nSPS) is 30.6. The number of aliphatic hydroxyl groups excluding tert-OH is 1. The number of amides is 1. The number of carbonyl (C=O) groups is 3. The number of Topliss-reactive ketones (excluding diaryl/α,β-unsaturated/α-hetero) is 1. The highest BCUT2D eigenvalue weighted by molar-refractivity contribution is 6.22. The van der Waals surface area contributed by atoms with E-state index in [-0.39, 0.29) is 56.6 Å². The van der Waals surface area contributed by atoms with E-state index in [1.54, 1.807) is 25.2 Å². The Balaban J connectivity index is 1.55. The van der Waals surface area contributed by atoms with Gasteiger partial charge in [-0.1, -0.05) is 52.0 Å². The van der Waals surface area contributed by atoms with Crippen molar-refractivity contribution in [2.75, 3.05) is 12.4 Å². The molecule has 13 heteroatoms. The van der Waals surface area contributed by atoms with Gasteiger partial charge < -0.3 is 39.5 Å². The molecule has 1 amide bonds. The average Bonchev–Trinajstić information content (AvgIpc) is 3.42.